The average molecular weight is 278 g/mol. The maximum absolute atomic E-state index is 2.56. The van der Waals surface area contributed by atoms with Crippen LogP contribution in [0.15, 0.2) is 0 Å². The number of fused-ring (bicyclic) bond motifs is 1. The summed E-state index contributed by atoms with van der Waals surface area (Å²) in [5.74, 6) is 2.19. The number of likely N-dealkylation sites (tertiary alicyclic amines) is 2. The molecule has 0 amide bonds. The molecule has 0 atom stereocenters. The van der Waals surface area contributed by atoms with Crippen molar-refractivity contribution in [3.8, 4) is 0 Å². The van der Waals surface area contributed by atoms with Gasteiger partial charge in [0, 0.05) is 51.4 Å². The first kappa shape index (κ1) is 13.6. The number of hydrogen-bond donors (Lipinski definition) is 0. The van der Waals surface area contributed by atoms with Crippen LogP contribution in [0, 0.1) is 11.8 Å². The maximum atomic E-state index is 2.56. The Morgan fingerprint density at radius 3 is 1.15 bits per heavy atom. The second kappa shape index (κ2) is 4.71. The van der Waals surface area contributed by atoms with E-state index in [-0.39, 0.29) is 0 Å². The molecule has 2 aliphatic carbocycles. The van der Waals surface area contributed by atoms with Gasteiger partial charge in [0.05, 0.1) is 52.4 Å². The number of hydrogen-bond acceptors (Lipinski definition) is 0. The Morgan fingerprint density at radius 2 is 0.850 bits per heavy atom. The molecule has 0 N–H and O–H groups in total. The van der Waals surface area contributed by atoms with E-state index in [2.05, 4.69) is 14.1 Å². The Balaban J connectivity index is 1.40. The van der Waals surface area contributed by atoms with Crippen molar-refractivity contribution in [3.05, 3.63) is 0 Å². The van der Waals surface area contributed by atoms with E-state index in [4.69, 9.17) is 0 Å². The molecule has 4 fully saturated rings. The van der Waals surface area contributed by atoms with Crippen molar-refractivity contribution < 1.29 is 8.97 Å². The highest BCUT2D eigenvalue weighted by Gasteiger charge is 2.53. The third kappa shape index (κ3) is 2.06. The van der Waals surface area contributed by atoms with Crippen molar-refractivity contribution in [2.24, 2.45) is 11.8 Å². The summed E-state index contributed by atoms with van der Waals surface area (Å²) >= 11 is 0. The van der Waals surface area contributed by atoms with Crippen LogP contribution in [-0.4, -0.2) is 61.3 Å². The SMILES string of the molecule is C[N+]1(C2CC3CC([N+]4(C)CCCC4)CC3C2)CCCC1. The molecule has 0 radical (unpaired) electrons. The summed E-state index contributed by atoms with van der Waals surface area (Å²) in [5, 5.41) is 0. The summed E-state index contributed by atoms with van der Waals surface area (Å²) in [7, 11) is 5.12. The van der Waals surface area contributed by atoms with E-state index >= 15 is 0 Å². The van der Waals surface area contributed by atoms with E-state index in [1.54, 1.807) is 25.7 Å². The summed E-state index contributed by atoms with van der Waals surface area (Å²) < 4.78 is 2.87. The Kier molecular flexibility index (Phi) is 3.20. The predicted octanol–water partition coefficient (Wildman–Crippen LogP) is 3.02. The van der Waals surface area contributed by atoms with Crippen molar-refractivity contribution in [3.63, 3.8) is 0 Å². The molecule has 0 aromatic carbocycles. The van der Waals surface area contributed by atoms with Gasteiger partial charge in [-0.3, -0.25) is 0 Å². The normalized spacial score (nSPS) is 45.9. The third-order valence-electron chi connectivity index (χ3n) is 7.90. The fraction of sp³-hybridized carbons (Fsp3) is 1.00. The van der Waals surface area contributed by atoms with Crippen molar-refractivity contribution >= 4 is 0 Å². The highest BCUT2D eigenvalue weighted by atomic mass is 15.4. The van der Waals surface area contributed by atoms with Crippen LogP contribution in [-0.2, 0) is 0 Å². The van der Waals surface area contributed by atoms with Gasteiger partial charge in [0.25, 0.3) is 0 Å². The first-order valence-electron chi connectivity index (χ1n) is 9.28. The zero-order chi connectivity index (χ0) is 13.8. The quantitative estimate of drug-likeness (QED) is 0.681. The lowest BCUT2D eigenvalue weighted by molar-refractivity contribution is -0.925. The standard InChI is InChI=1S/C18H34N2/c1-19(7-3-4-8-19)17-11-15-13-18(14-16(15)12-17)20(2)9-5-6-10-20/h15-18H,3-14H2,1-2H3/q+2. The van der Waals surface area contributed by atoms with Crippen LogP contribution < -0.4 is 0 Å². The van der Waals surface area contributed by atoms with Crippen LogP contribution in [0.2, 0.25) is 0 Å². The second-order valence-corrected chi connectivity index (χ2v) is 9.04. The molecule has 0 spiro atoms. The molecular formula is C18H34N2+2. The van der Waals surface area contributed by atoms with Gasteiger partial charge in [-0.15, -0.1) is 0 Å². The molecular weight excluding hydrogens is 244 g/mol. The Labute approximate surface area is 125 Å². The zero-order valence-electron chi connectivity index (χ0n) is 13.7. The molecule has 4 aliphatic rings. The van der Waals surface area contributed by atoms with E-state index < -0.39 is 0 Å². The van der Waals surface area contributed by atoms with Gasteiger partial charge in [0.1, 0.15) is 0 Å². The fourth-order valence-corrected chi connectivity index (χ4v) is 6.42. The van der Waals surface area contributed by atoms with Gasteiger partial charge in [-0.05, 0) is 11.8 Å². The molecule has 2 saturated heterocycles. The van der Waals surface area contributed by atoms with Crippen molar-refractivity contribution in [2.75, 3.05) is 40.3 Å². The predicted molar refractivity (Wildman–Crippen MR) is 83.3 cm³/mol. The average Bonchev–Trinajstić information content (AvgIpc) is 3.10. The van der Waals surface area contributed by atoms with Gasteiger partial charge in [-0.1, -0.05) is 0 Å². The Bertz CT molecular complexity index is 318. The highest BCUT2D eigenvalue weighted by molar-refractivity contribution is 4.94. The number of nitrogens with zero attached hydrogens (tertiary/aromatic N) is 2. The molecule has 0 bridgehead atoms. The first-order valence-corrected chi connectivity index (χ1v) is 9.28. The van der Waals surface area contributed by atoms with E-state index in [1.165, 1.54) is 60.8 Å². The lowest BCUT2D eigenvalue weighted by Crippen LogP contribution is -2.50. The minimum absolute atomic E-state index is 1.03. The second-order valence-electron chi connectivity index (χ2n) is 9.04. The van der Waals surface area contributed by atoms with Gasteiger partial charge < -0.3 is 8.97 Å². The van der Waals surface area contributed by atoms with Gasteiger partial charge in [0.2, 0.25) is 0 Å². The maximum Gasteiger partial charge on any atom is 0.0893 e. The van der Waals surface area contributed by atoms with E-state index in [1.807, 2.05) is 0 Å². The zero-order valence-corrected chi connectivity index (χ0v) is 13.7. The molecule has 2 heteroatoms. The Morgan fingerprint density at radius 1 is 0.550 bits per heavy atom. The number of quaternary nitrogens is 2. The number of rotatable bonds is 2. The van der Waals surface area contributed by atoms with Crippen LogP contribution in [0.25, 0.3) is 0 Å². The van der Waals surface area contributed by atoms with Gasteiger partial charge in [0.15, 0.2) is 0 Å². The largest absolute Gasteiger partial charge is 0.324 e. The molecule has 20 heavy (non-hydrogen) atoms. The van der Waals surface area contributed by atoms with E-state index in [9.17, 15) is 0 Å². The summed E-state index contributed by atoms with van der Waals surface area (Å²) in [6.07, 6.45) is 12.2. The summed E-state index contributed by atoms with van der Waals surface area (Å²) in [5.41, 5.74) is 0. The summed E-state index contributed by atoms with van der Waals surface area (Å²) in [4.78, 5) is 0. The minimum atomic E-state index is 1.03. The van der Waals surface area contributed by atoms with Crippen LogP contribution >= 0.6 is 0 Å². The Hall–Kier alpha value is -0.0800. The molecule has 4 rings (SSSR count). The van der Waals surface area contributed by atoms with Crippen LogP contribution in [0.1, 0.15) is 51.4 Å². The van der Waals surface area contributed by atoms with Gasteiger partial charge >= 0.3 is 0 Å². The van der Waals surface area contributed by atoms with Crippen molar-refractivity contribution in [2.45, 2.75) is 63.5 Å². The smallest absolute Gasteiger partial charge is 0.0893 e. The highest BCUT2D eigenvalue weighted by Crippen LogP contribution is 2.50. The van der Waals surface area contributed by atoms with Crippen LogP contribution in [0.3, 0.4) is 0 Å². The molecule has 2 aliphatic heterocycles. The first-order chi connectivity index (χ1) is 9.59. The molecule has 114 valence electrons. The molecule has 2 nitrogen and oxygen atoms in total. The topological polar surface area (TPSA) is 0 Å². The lowest BCUT2D eigenvalue weighted by Gasteiger charge is -2.39. The third-order valence-corrected chi connectivity index (χ3v) is 7.90. The minimum Gasteiger partial charge on any atom is -0.324 e. The molecule has 0 aromatic rings. The van der Waals surface area contributed by atoms with E-state index in [0.29, 0.717) is 0 Å². The molecule has 0 unspecified atom stereocenters. The molecule has 2 saturated carbocycles. The van der Waals surface area contributed by atoms with Crippen molar-refractivity contribution in [1.29, 1.82) is 0 Å². The monoisotopic (exact) mass is 278 g/mol. The van der Waals surface area contributed by atoms with Crippen LogP contribution in [0.5, 0.6) is 0 Å². The van der Waals surface area contributed by atoms with Crippen LogP contribution in [0.4, 0.5) is 0 Å². The molecule has 0 aromatic heterocycles. The van der Waals surface area contributed by atoms with E-state index in [0.717, 1.165) is 23.9 Å². The summed E-state index contributed by atoms with van der Waals surface area (Å²) in [6.45, 7) is 5.89. The summed E-state index contributed by atoms with van der Waals surface area (Å²) in [6, 6.07) is 2.05. The molecule has 2 heterocycles. The fourth-order valence-electron chi connectivity index (χ4n) is 6.42. The van der Waals surface area contributed by atoms with Gasteiger partial charge in [-0.25, -0.2) is 0 Å². The van der Waals surface area contributed by atoms with Gasteiger partial charge in [-0.2, -0.15) is 0 Å². The van der Waals surface area contributed by atoms with Crippen molar-refractivity contribution in [1.82, 2.24) is 0 Å². The lowest BCUT2D eigenvalue weighted by atomic mass is 10.0.